The molecule has 0 radical (unpaired) electrons. The number of fused-ring (bicyclic) bond motifs is 2. The summed E-state index contributed by atoms with van der Waals surface area (Å²) in [5, 5.41) is 12.5. The summed E-state index contributed by atoms with van der Waals surface area (Å²) >= 11 is 0. The van der Waals surface area contributed by atoms with Crippen LogP contribution in [-0.2, 0) is 14.9 Å². The molecule has 198 valence electrons. The number of phenolic OH excluding ortho intramolecular Hbond substituents is 1. The monoisotopic (exact) mass is 512 g/mol. The van der Waals surface area contributed by atoms with Crippen molar-refractivity contribution in [2.45, 2.75) is 43.7 Å². The first kappa shape index (κ1) is 26.0. The molecular formula is C32H36N2O4. The van der Waals surface area contributed by atoms with Gasteiger partial charge in [-0.05, 0) is 60.0 Å². The van der Waals surface area contributed by atoms with Crippen LogP contribution in [-0.4, -0.2) is 65.6 Å². The Balaban J connectivity index is 1.52. The van der Waals surface area contributed by atoms with Crippen molar-refractivity contribution in [2.24, 2.45) is 5.92 Å². The topological polar surface area (TPSA) is 70.1 Å². The molecule has 2 fully saturated rings. The molecule has 1 N–H and O–H groups in total. The second-order valence-corrected chi connectivity index (χ2v) is 10.8. The molecule has 0 bridgehead atoms. The molecule has 4 atom stereocenters. The lowest BCUT2D eigenvalue weighted by molar-refractivity contribution is -0.158. The molecule has 1 saturated carbocycles. The summed E-state index contributed by atoms with van der Waals surface area (Å²) in [7, 11) is 1.86. The van der Waals surface area contributed by atoms with Gasteiger partial charge in [0.2, 0.25) is 0 Å². The predicted molar refractivity (Wildman–Crippen MR) is 149 cm³/mol. The molecule has 3 aromatic carbocycles. The molecule has 1 aliphatic heterocycles. The quantitative estimate of drug-likeness (QED) is 0.365. The number of carbonyl (C=O) groups excluding carboxylic acids is 2. The van der Waals surface area contributed by atoms with Gasteiger partial charge in [0.1, 0.15) is 11.9 Å². The van der Waals surface area contributed by atoms with Crippen LogP contribution in [0.2, 0.25) is 0 Å². The lowest BCUT2D eigenvalue weighted by atomic mass is 9.56. The van der Waals surface area contributed by atoms with E-state index in [1.54, 1.807) is 6.07 Å². The number of hydrogen-bond acceptors (Lipinski definition) is 5. The number of esters is 1. The van der Waals surface area contributed by atoms with Crippen LogP contribution in [0, 0.1) is 5.92 Å². The SMILES string of the molecule is C=CCN1CCC2(c3cccc(O)c3)CC(N(C)C(=O)c3ccc4ccccc4c3)CC(OC(C)=O)C2C1. The van der Waals surface area contributed by atoms with E-state index in [4.69, 9.17) is 4.74 Å². The molecule has 5 rings (SSSR count). The van der Waals surface area contributed by atoms with Crippen LogP contribution in [0.5, 0.6) is 5.75 Å². The van der Waals surface area contributed by atoms with Crippen molar-refractivity contribution >= 4 is 22.6 Å². The number of hydrogen-bond donors (Lipinski definition) is 1. The molecule has 1 amide bonds. The normalized spacial score (nSPS) is 25.4. The zero-order valence-electron chi connectivity index (χ0n) is 22.2. The smallest absolute Gasteiger partial charge is 0.302 e. The van der Waals surface area contributed by atoms with E-state index in [1.807, 2.05) is 72.6 Å². The third-order valence-corrected chi connectivity index (χ3v) is 8.58. The fraction of sp³-hybridized carbons (Fsp3) is 0.375. The number of amides is 1. The van der Waals surface area contributed by atoms with Crippen LogP contribution in [0.3, 0.4) is 0 Å². The summed E-state index contributed by atoms with van der Waals surface area (Å²) < 4.78 is 6.00. The Morgan fingerprint density at radius 2 is 1.92 bits per heavy atom. The third kappa shape index (κ3) is 4.93. The van der Waals surface area contributed by atoms with Crippen LogP contribution in [0.15, 0.2) is 79.4 Å². The van der Waals surface area contributed by atoms with Gasteiger partial charge in [-0.2, -0.15) is 0 Å². The number of aromatic hydroxyl groups is 1. The van der Waals surface area contributed by atoms with Gasteiger partial charge in [-0.15, -0.1) is 6.58 Å². The summed E-state index contributed by atoms with van der Waals surface area (Å²) in [6.45, 7) is 7.75. The number of benzene rings is 3. The molecule has 1 heterocycles. The van der Waals surface area contributed by atoms with E-state index in [0.717, 1.165) is 48.8 Å². The van der Waals surface area contributed by atoms with Gasteiger partial charge in [-0.3, -0.25) is 14.5 Å². The molecule has 6 heteroatoms. The number of likely N-dealkylation sites (tertiary alicyclic amines) is 1. The first-order chi connectivity index (χ1) is 18.3. The highest BCUT2D eigenvalue weighted by molar-refractivity contribution is 5.98. The summed E-state index contributed by atoms with van der Waals surface area (Å²) in [5.41, 5.74) is 1.33. The fourth-order valence-electron chi connectivity index (χ4n) is 6.72. The van der Waals surface area contributed by atoms with Gasteiger partial charge in [0.05, 0.1) is 0 Å². The highest BCUT2D eigenvalue weighted by atomic mass is 16.5. The average molecular weight is 513 g/mol. The Kier molecular flexibility index (Phi) is 7.26. The van der Waals surface area contributed by atoms with Crippen molar-refractivity contribution in [3.63, 3.8) is 0 Å². The van der Waals surface area contributed by atoms with E-state index >= 15 is 0 Å². The Morgan fingerprint density at radius 1 is 1.13 bits per heavy atom. The van der Waals surface area contributed by atoms with Gasteiger partial charge in [-0.25, -0.2) is 0 Å². The van der Waals surface area contributed by atoms with Gasteiger partial charge in [0, 0.05) is 56.4 Å². The fourth-order valence-corrected chi connectivity index (χ4v) is 6.72. The van der Waals surface area contributed by atoms with Crippen LogP contribution in [0.1, 0.15) is 42.1 Å². The molecule has 1 saturated heterocycles. The van der Waals surface area contributed by atoms with E-state index in [1.165, 1.54) is 6.92 Å². The van der Waals surface area contributed by atoms with Crippen molar-refractivity contribution in [1.82, 2.24) is 9.80 Å². The van der Waals surface area contributed by atoms with Crippen LogP contribution in [0.4, 0.5) is 0 Å². The number of rotatable bonds is 6. The van der Waals surface area contributed by atoms with Crippen molar-refractivity contribution in [3.05, 3.63) is 90.5 Å². The first-order valence-corrected chi connectivity index (χ1v) is 13.4. The average Bonchev–Trinajstić information content (AvgIpc) is 2.92. The minimum Gasteiger partial charge on any atom is -0.508 e. The van der Waals surface area contributed by atoms with Gasteiger partial charge in [0.25, 0.3) is 5.91 Å². The van der Waals surface area contributed by atoms with E-state index in [0.29, 0.717) is 12.0 Å². The van der Waals surface area contributed by atoms with Crippen LogP contribution < -0.4 is 0 Å². The lowest BCUT2D eigenvalue weighted by Crippen LogP contribution is -2.61. The molecule has 6 nitrogen and oxygen atoms in total. The number of carbonyl (C=O) groups is 2. The highest BCUT2D eigenvalue weighted by Gasteiger charge is 2.54. The van der Waals surface area contributed by atoms with E-state index in [2.05, 4.69) is 17.5 Å². The van der Waals surface area contributed by atoms with Crippen molar-refractivity contribution in [1.29, 1.82) is 0 Å². The zero-order valence-corrected chi connectivity index (χ0v) is 22.2. The Hall–Kier alpha value is -3.64. The number of ether oxygens (including phenoxy) is 1. The maximum atomic E-state index is 13.8. The largest absolute Gasteiger partial charge is 0.508 e. The Bertz CT molecular complexity index is 1350. The summed E-state index contributed by atoms with van der Waals surface area (Å²) in [5.74, 6) is -0.112. The van der Waals surface area contributed by atoms with Crippen molar-refractivity contribution < 1.29 is 19.4 Å². The second-order valence-electron chi connectivity index (χ2n) is 10.8. The standard InChI is InChI=1S/C32H36N2O4/c1-4-15-34-16-14-32(26-10-7-11-28(36)18-26)20-27(19-30(29(32)21-34)38-22(2)35)33(3)31(37)25-13-12-23-8-5-6-9-24(23)17-25/h4-13,17-18,27,29-30,36H,1,14-16,19-21H2,2-3H3. The minimum atomic E-state index is -0.354. The second kappa shape index (κ2) is 10.6. The summed E-state index contributed by atoms with van der Waals surface area (Å²) in [6, 6.07) is 21.2. The number of nitrogens with zero attached hydrogens (tertiary/aromatic N) is 2. The van der Waals surface area contributed by atoms with E-state index in [9.17, 15) is 14.7 Å². The molecule has 3 aromatic rings. The van der Waals surface area contributed by atoms with Crippen molar-refractivity contribution in [2.75, 3.05) is 26.7 Å². The van der Waals surface area contributed by atoms with Crippen molar-refractivity contribution in [3.8, 4) is 5.75 Å². The number of piperidine rings is 1. The predicted octanol–water partition coefficient (Wildman–Crippen LogP) is 5.16. The number of phenols is 1. The highest BCUT2D eigenvalue weighted by Crippen LogP contribution is 2.51. The van der Waals surface area contributed by atoms with Crippen LogP contribution in [0.25, 0.3) is 10.8 Å². The summed E-state index contributed by atoms with van der Waals surface area (Å²) in [6.07, 6.45) is 3.69. The van der Waals surface area contributed by atoms with E-state index < -0.39 is 0 Å². The maximum absolute atomic E-state index is 13.8. The van der Waals surface area contributed by atoms with Gasteiger partial charge >= 0.3 is 5.97 Å². The Labute approximate surface area is 224 Å². The van der Waals surface area contributed by atoms with Crippen LogP contribution >= 0.6 is 0 Å². The van der Waals surface area contributed by atoms with Gasteiger partial charge < -0.3 is 14.7 Å². The zero-order chi connectivity index (χ0) is 26.9. The molecular weight excluding hydrogens is 476 g/mol. The van der Waals surface area contributed by atoms with Gasteiger partial charge in [0.15, 0.2) is 0 Å². The lowest BCUT2D eigenvalue weighted by Gasteiger charge is -2.56. The molecule has 4 unspecified atom stereocenters. The van der Waals surface area contributed by atoms with E-state index in [-0.39, 0.29) is 41.1 Å². The third-order valence-electron chi connectivity index (χ3n) is 8.58. The molecule has 0 aromatic heterocycles. The molecule has 1 aliphatic carbocycles. The first-order valence-electron chi connectivity index (χ1n) is 13.4. The Morgan fingerprint density at radius 3 is 2.66 bits per heavy atom. The molecule has 2 aliphatic rings. The summed E-state index contributed by atoms with van der Waals surface area (Å²) in [4.78, 5) is 30.2. The molecule has 0 spiro atoms. The maximum Gasteiger partial charge on any atom is 0.302 e. The van der Waals surface area contributed by atoms with Gasteiger partial charge in [-0.1, -0.05) is 48.5 Å². The minimum absolute atomic E-state index is 0.0299. The molecule has 38 heavy (non-hydrogen) atoms.